The fourth-order valence-electron chi connectivity index (χ4n) is 3.99. The third-order valence-corrected chi connectivity index (χ3v) is 6.91. The van der Waals surface area contributed by atoms with Gasteiger partial charge in [-0.3, -0.25) is 14.0 Å². The van der Waals surface area contributed by atoms with Gasteiger partial charge in [-0.25, -0.2) is 4.57 Å². The molecular weight excluding hydrogens is 446 g/mol. The smallest absolute Gasteiger partial charge is 0.267 e. The van der Waals surface area contributed by atoms with Crippen LogP contribution < -0.4 is 10.9 Å². The number of rotatable bonds is 8. The number of nitrogens with one attached hydrogen (secondary N) is 1. The van der Waals surface area contributed by atoms with Crippen molar-refractivity contribution in [2.45, 2.75) is 57.4 Å². The monoisotopic (exact) mass is 477 g/mol. The van der Waals surface area contributed by atoms with Crippen LogP contribution in [0.3, 0.4) is 0 Å². The van der Waals surface area contributed by atoms with Gasteiger partial charge in [-0.05, 0) is 48.9 Å². The molecule has 34 heavy (non-hydrogen) atoms. The Kier molecular flexibility index (Phi) is 7.07. The average molecular weight is 478 g/mol. The Morgan fingerprint density at radius 2 is 1.71 bits per heavy atom. The van der Waals surface area contributed by atoms with Crippen molar-refractivity contribution < 1.29 is 4.79 Å². The first-order valence-corrected chi connectivity index (χ1v) is 12.6. The van der Waals surface area contributed by atoms with Gasteiger partial charge in [0.2, 0.25) is 11.7 Å². The third kappa shape index (κ3) is 4.59. The summed E-state index contributed by atoms with van der Waals surface area (Å²) in [5, 5.41) is 12.6. The zero-order valence-corrected chi connectivity index (χ0v) is 21.1. The van der Waals surface area contributed by atoms with Crippen molar-refractivity contribution in [3.8, 4) is 5.69 Å². The lowest BCUT2D eigenvalue weighted by atomic mass is 10.0. The highest BCUT2D eigenvalue weighted by Gasteiger charge is 2.23. The largest absolute Gasteiger partial charge is 0.355 e. The van der Waals surface area contributed by atoms with E-state index < -0.39 is 0 Å². The van der Waals surface area contributed by atoms with E-state index >= 15 is 0 Å². The minimum absolute atomic E-state index is 0.0369. The summed E-state index contributed by atoms with van der Waals surface area (Å²) in [6.45, 7) is 11.0. The molecule has 0 spiro atoms. The van der Waals surface area contributed by atoms with Crippen molar-refractivity contribution in [3.63, 3.8) is 0 Å². The molecule has 0 saturated carbocycles. The zero-order chi connectivity index (χ0) is 24.4. The lowest BCUT2D eigenvalue weighted by Crippen LogP contribution is -2.32. The Bertz CT molecular complexity index is 1390. The maximum Gasteiger partial charge on any atom is 0.267 e. The molecule has 0 fully saturated rings. The summed E-state index contributed by atoms with van der Waals surface area (Å²) in [6.07, 6.45) is 0.934. The Labute approximate surface area is 203 Å². The first kappa shape index (κ1) is 24.0. The molecule has 0 saturated heterocycles. The molecule has 0 bridgehead atoms. The van der Waals surface area contributed by atoms with E-state index in [2.05, 4.69) is 43.2 Å². The van der Waals surface area contributed by atoms with Gasteiger partial charge in [0.25, 0.3) is 5.56 Å². The number of fused-ring (bicyclic) bond motifs is 3. The fourth-order valence-corrected chi connectivity index (χ4v) is 4.87. The third-order valence-electron chi connectivity index (χ3n) is 5.87. The van der Waals surface area contributed by atoms with Crippen LogP contribution in [-0.2, 0) is 4.79 Å². The van der Waals surface area contributed by atoms with Crippen LogP contribution in [0.4, 0.5) is 0 Å². The topological polar surface area (TPSA) is 81.3 Å². The van der Waals surface area contributed by atoms with Gasteiger partial charge >= 0.3 is 0 Å². The minimum Gasteiger partial charge on any atom is -0.355 e. The summed E-state index contributed by atoms with van der Waals surface area (Å²) in [4.78, 5) is 26.3. The molecule has 1 atom stereocenters. The molecule has 2 aromatic carbocycles. The Morgan fingerprint density at radius 1 is 1.00 bits per heavy atom. The molecule has 178 valence electrons. The number of carbonyl (C=O) groups is 1. The maximum atomic E-state index is 13.6. The molecule has 0 aliphatic rings. The maximum absolute atomic E-state index is 13.6. The van der Waals surface area contributed by atoms with Gasteiger partial charge in [0.05, 0.1) is 21.8 Å². The number of nitrogens with zero attached hydrogens (tertiary/aromatic N) is 4. The van der Waals surface area contributed by atoms with Crippen LogP contribution in [0.25, 0.3) is 22.4 Å². The summed E-state index contributed by atoms with van der Waals surface area (Å²) in [5.41, 5.74) is 2.43. The van der Waals surface area contributed by atoms with Crippen molar-refractivity contribution in [3.05, 3.63) is 64.4 Å². The summed E-state index contributed by atoms with van der Waals surface area (Å²) < 4.78 is 3.53. The van der Waals surface area contributed by atoms with Crippen molar-refractivity contribution in [2.75, 3.05) is 6.54 Å². The normalized spacial score (nSPS) is 12.7. The van der Waals surface area contributed by atoms with Crippen LogP contribution in [0.15, 0.2) is 58.5 Å². The van der Waals surface area contributed by atoms with E-state index in [0.29, 0.717) is 28.8 Å². The van der Waals surface area contributed by atoms with Gasteiger partial charge in [0.1, 0.15) is 0 Å². The molecule has 0 radical (unpaired) electrons. The Balaban J connectivity index is 1.84. The molecule has 1 unspecified atom stereocenters. The Morgan fingerprint density at radius 3 is 2.44 bits per heavy atom. The zero-order valence-electron chi connectivity index (χ0n) is 20.3. The predicted octanol–water partition coefficient (Wildman–Crippen LogP) is 4.80. The molecule has 1 amide bonds. The van der Waals surface area contributed by atoms with E-state index in [0.717, 1.165) is 23.2 Å². The van der Waals surface area contributed by atoms with Gasteiger partial charge in [-0.15, -0.1) is 10.2 Å². The van der Waals surface area contributed by atoms with Crippen LogP contribution in [0.2, 0.25) is 0 Å². The minimum atomic E-state index is -0.360. The van der Waals surface area contributed by atoms with Gasteiger partial charge in [0.15, 0.2) is 5.16 Å². The number of thioether (sulfide) groups is 1. The van der Waals surface area contributed by atoms with Crippen molar-refractivity contribution in [1.29, 1.82) is 0 Å². The lowest BCUT2D eigenvalue weighted by molar-refractivity contribution is -0.120. The van der Waals surface area contributed by atoms with Gasteiger partial charge in [-0.1, -0.05) is 69.8 Å². The lowest BCUT2D eigenvalue weighted by Gasteiger charge is -2.17. The van der Waals surface area contributed by atoms with Crippen LogP contribution in [-0.4, -0.2) is 36.9 Å². The van der Waals surface area contributed by atoms with E-state index in [9.17, 15) is 9.59 Å². The number of hydrogen-bond acceptors (Lipinski definition) is 5. The molecule has 2 aromatic heterocycles. The van der Waals surface area contributed by atoms with Crippen molar-refractivity contribution >= 4 is 34.3 Å². The summed E-state index contributed by atoms with van der Waals surface area (Å²) >= 11 is 1.34. The number of amides is 1. The highest BCUT2D eigenvalue weighted by molar-refractivity contribution is 8.00. The van der Waals surface area contributed by atoms with Gasteiger partial charge in [-0.2, -0.15) is 0 Å². The van der Waals surface area contributed by atoms with Crippen LogP contribution in [0, 0.1) is 5.92 Å². The second-order valence-corrected chi connectivity index (χ2v) is 10.5. The fraction of sp³-hybridized carbons (Fsp3) is 0.385. The average Bonchev–Trinajstić information content (AvgIpc) is 3.22. The summed E-state index contributed by atoms with van der Waals surface area (Å²) in [5.74, 6) is 1.15. The van der Waals surface area contributed by atoms with Crippen LogP contribution in [0.5, 0.6) is 0 Å². The van der Waals surface area contributed by atoms with E-state index in [1.807, 2.05) is 59.9 Å². The molecule has 4 aromatic rings. The number of benzene rings is 2. The van der Waals surface area contributed by atoms with E-state index in [1.54, 1.807) is 4.57 Å². The van der Waals surface area contributed by atoms with Gasteiger partial charge < -0.3 is 5.32 Å². The molecule has 1 N–H and O–H groups in total. The Hall–Kier alpha value is -3.13. The summed E-state index contributed by atoms with van der Waals surface area (Å²) in [7, 11) is 0. The highest BCUT2D eigenvalue weighted by atomic mass is 32.2. The number of para-hydroxylation sites is 2. The molecule has 0 aliphatic heterocycles. The standard InChI is InChI=1S/C26H31N5O2S/c1-16(2)14-15-27-23(32)18(5)34-26-29-28-25-30(21-12-8-6-10-19(21)17(3)4)24(33)20-11-7-9-13-22(20)31(25)26/h6-13,16-18H,14-15H2,1-5H3,(H,27,32). The van der Waals surface area contributed by atoms with Crippen LogP contribution in [0.1, 0.15) is 52.5 Å². The molecule has 0 aliphatic carbocycles. The first-order valence-electron chi connectivity index (χ1n) is 11.7. The predicted molar refractivity (Wildman–Crippen MR) is 138 cm³/mol. The molecular formula is C26H31N5O2S. The number of carbonyl (C=O) groups excluding carboxylic acids is 1. The van der Waals surface area contributed by atoms with Crippen molar-refractivity contribution in [1.82, 2.24) is 24.5 Å². The molecule has 8 heteroatoms. The van der Waals surface area contributed by atoms with E-state index in [-0.39, 0.29) is 22.6 Å². The quantitative estimate of drug-likeness (QED) is 0.369. The summed E-state index contributed by atoms with van der Waals surface area (Å²) in [6, 6.07) is 15.3. The molecule has 7 nitrogen and oxygen atoms in total. The van der Waals surface area contributed by atoms with E-state index in [1.165, 1.54) is 11.8 Å². The molecule has 4 rings (SSSR count). The van der Waals surface area contributed by atoms with Crippen molar-refractivity contribution in [2.24, 2.45) is 5.92 Å². The molecule has 2 heterocycles. The second-order valence-electron chi connectivity index (χ2n) is 9.22. The van der Waals surface area contributed by atoms with E-state index in [4.69, 9.17) is 0 Å². The second kappa shape index (κ2) is 10.0. The highest BCUT2D eigenvalue weighted by Crippen LogP contribution is 2.28. The number of hydrogen-bond donors (Lipinski definition) is 1. The first-order chi connectivity index (χ1) is 16.3. The SMILES string of the molecule is CC(C)CCNC(=O)C(C)Sc1nnc2n(-c3ccccc3C(C)C)c(=O)c3ccccc3n12. The van der Waals surface area contributed by atoms with Crippen LogP contribution >= 0.6 is 11.8 Å². The number of aromatic nitrogens is 4. The van der Waals surface area contributed by atoms with Gasteiger partial charge in [0, 0.05) is 6.54 Å².